The van der Waals surface area contributed by atoms with Crippen LogP contribution < -0.4 is 4.74 Å². The van der Waals surface area contributed by atoms with Gasteiger partial charge >= 0.3 is 5.97 Å². The zero-order valence-electron chi connectivity index (χ0n) is 18.7. The van der Waals surface area contributed by atoms with E-state index in [1.807, 2.05) is 13.0 Å². The van der Waals surface area contributed by atoms with E-state index in [-0.39, 0.29) is 23.9 Å². The number of rotatable bonds is 9. The molecule has 0 saturated heterocycles. The van der Waals surface area contributed by atoms with Gasteiger partial charge in [-0.1, -0.05) is 31.5 Å². The van der Waals surface area contributed by atoms with E-state index in [0.29, 0.717) is 36.6 Å². The average Bonchev–Trinajstić information content (AvgIpc) is 3.04. The van der Waals surface area contributed by atoms with Crippen molar-refractivity contribution in [3.8, 4) is 5.75 Å². The van der Waals surface area contributed by atoms with Crippen molar-refractivity contribution in [1.29, 1.82) is 0 Å². The number of hydrogen-bond acceptors (Lipinski definition) is 3. The van der Waals surface area contributed by atoms with Gasteiger partial charge in [0.1, 0.15) is 17.2 Å². The van der Waals surface area contributed by atoms with Crippen molar-refractivity contribution >= 4 is 23.5 Å². The maximum absolute atomic E-state index is 13.8. The molecule has 7 heteroatoms. The fourth-order valence-corrected chi connectivity index (χ4v) is 4.09. The van der Waals surface area contributed by atoms with E-state index in [1.165, 1.54) is 12.1 Å². The summed E-state index contributed by atoms with van der Waals surface area (Å²) in [6.07, 6.45) is 1.79. The third-order valence-electron chi connectivity index (χ3n) is 5.65. The lowest BCUT2D eigenvalue weighted by Crippen LogP contribution is -2.34. The number of carbonyl (C=O) groups excluding carboxylic acids is 1. The highest BCUT2D eigenvalue weighted by molar-refractivity contribution is 6.30. The molecular formula is C25H29ClFNO4. The van der Waals surface area contributed by atoms with E-state index in [0.717, 1.165) is 17.5 Å². The first-order valence-corrected chi connectivity index (χ1v) is 11.2. The summed E-state index contributed by atoms with van der Waals surface area (Å²) in [7, 11) is 0. The predicted octanol–water partition coefficient (Wildman–Crippen LogP) is 5.38. The predicted molar refractivity (Wildman–Crippen MR) is 122 cm³/mol. The molecule has 3 rings (SSSR count). The molecular weight excluding hydrogens is 433 g/mol. The molecule has 0 fully saturated rings. The second-order valence-corrected chi connectivity index (χ2v) is 9.50. The number of carboxylic acids is 1. The standard InChI is InChI=1S/C25H29ClFNO4/c1-16(2)8-10-28(11-9-23(29)30)24(31)18-5-7-22-19(13-18)15-25(3,32-22)14-17-4-6-20(26)21(27)12-17/h4-7,12-13,16H,8-11,14-15H2,1-3H3,(H,29,30)/t25-/m0/s1. The van der Waals surface area contributed by atoms with Crippen molar-refractivity contribution in [2.24, 2.45) is 5.92 Å². The van der Waals surface area contributed by atoms with Crippen molar-refractivity contribution in [3.05, 3.63) is 63.9 Å². The Bertz CT molecular complexity index is 1010. The molecule has 1 aliphatic rings. The SMILES string of the molecule is CC(C)CCN(CCC(=O)O)C(=O)c1ccc2c(c1)C[C@](C)(Cc1ccc(Cl)c(F)c1)O2. The number of nitrogens with zero attached hydrogens (tertiary/aromatic N) is 1. The topological polar surface area (TPSA) is 66.8 Å². The maximum atomic E-state index is 13.8. The number of aliphatic carboxylic acids is 1. The molecule has 0 saturated carbocycles. The summed E-state index contributed by atoms with van der Waals surface area (Å²) < 4.78 is 20.0. The van der Waals surface area contributed by atoms with Gasteiger partial charge in [0.25, 0.3) is 5.91 Å². The largest absolute Gasteiger partial charge is 0.487 e. The van der Waals surface area contributed by atoms with Crippen molar-refractivity contribution in [1.82, 2.24) is 4.90 Å². The second-order valence-electron chi connectivity index (χ2n) is 9.09. The molecule has 32 heavy (non-hydrogen) atoms. The highest BCUT2D eigenvalue weighted by atomic mass is 35.5. The minimum atomic E-state index is -0.927. The van der Waals surface area contributed by atoms with Gasteiger partial charge in [-0.15, -0.1) is 0 Å². The molecule has 0 aliphatic carbocycles. The Kier molecular flexibility index (Phi) is 7.44. The van der Waals surface area contributed by atoms with Crippen LogP contribution in [0.5, 0.6) is 5.75 Å². The lowest BCUT2D eigenvalue weighted by Gasteiger charge is -2.24. The fourth-order valence-electron chi connectivity index (χ4n) is 3.98. The summed E-state index contributed by atoms with van der Waals surface area (Å²) in [6.45, 7) is 6.79. The van der Waals surface area contributed by atoms with Gasteiger partial charge in [0.2, 0.25) is 0 Å². The van der Waals surface area contributed by atoms with Gasteiger partial charge in [-0.3, -0.25) is 9.59 Å². The van der Waals surface area contributed by atoms with E-state index in [4.69, 9.17) is 21.4 Å². The molecule has 1 heterocycles. The van der Waals surface area contributed by atoms with Gasteiger partial charge in [-0.25, -0.2) is 4.39 Å². The summed E-state index contributed by atoms with van der Waals surface area (Å²) in [5, 5.41) is 9.13. The molecule has 0 radical (unpaired) electrons. The van der Waals surface area contributed by atoms with Crippen LogP contribution in [0.15, 0.2) is 36.4 Å². The molecule has 0 unspecified atom stereocenters. The van der Waals surface area contributed by atoms with Crippen molar-refractivity contribution < 1.29 is 23.8 Å². The summed E-state index contributed by atoms with van der Waals surface area (Å²) >= 11 is 5.78. The van der Waals surface area contributed by atoms with Crippen molar-refractivity contribution in [3.63, 3.8) is 0 Å². The van der Waals surface area contributed by atoms with E-state index in [2.05, 4.69) is 13.8 Å². The molecule has 1 atom stereocenters. The Morgan fingerprint density at radius 2 is 1.97 bits per heavy atom. The molecule has 0 aromatic heterocycles. The number of halogens is 2. The van der Waals surface area contributed by atoms with Gasteiger partial charge in [0, 0.05) is 31.5 Å². The molecule has 1 aliphatic heterocycles. The van der Waals surface area contributed by atoms with Crippen LogP contribution in [0, 0.1) is 11.7 Å². The van der Waals surface area contributed by atoms with Gasteiger partial charge in [-0.2, -0.15) is 0 Å². The Hall–Kier alpha value is -2.60. The van der Waals surface area contributed by atoms with Crippen LogP contribution in [0.1, 0.15) is 55.1 Å². The van der Waals surface area contributed by atoms with Crippen LogP contribution in [0.25, 0.3) is 0 Å². The summed E-state index contributed by atoms with van der Waals surface area (Å²) in [5.74, 6) is -0.453. The molecule has 0 bridgehead atoms. The van der Waals surface area contributed by atoms with E-state index in [1.54, 1.807) is 23.1 Å². The highest BCUT2D eigenvalue weighted by Gasteiger charge is 2.35. The Morgan fingerprint density at radius 3 is 2.62 bits per heavy atom. The maximum Gasteiger partial charge on any atom is 0.305 e. The Balaban J connectivity index is 1.75. The minimum Gasteiger partial charge on any atom is -0.487 e. The minimum absolute atomic E-state index is 0.0857. The van der Waals surface area contributed by atoms with Gasteiger partial charge < -0.3 is 14.7 Å². The molecule has 1 N–H and O–H groups in total. The zero-order chi connectivity index (χ0) is 23.5. The van der Waals surface area contributed by atoms with Crippen LogP contribution in [0.2, 0.25) is 5.02 Å². The lowest BCUT2D eigenvalue weighted by atomic mass is 9.91. The van der Waals surface area contributed by atoms with E-state index >= 15 is 0 Å². The third kappa shape index (κ3) is 6.00. The lowest BCUT2D eigenvalue weighted by molar-refractivity contribution is -0.137. The second kappa shape index (κ2) is 9.90. The smallest absolute Gasteiger partial charge is 0.305 e. The van der Waals surface area contributed by atoms with Gasteiger partial charge in [0.05, 0.1) is 11.4 Å². The van der Waals surface area contributed by atoms with Crippen LogP contribution >= 0.6 is 11.6 Å². The van der Waals surface area contributed by atoms with Crippen LogP contribution in [-0.4, -0.2) is 40.6 Å². The van der Waals surface area contributed by atoms with Crippen molar-refractivity contribution in [2.75, 3.05) is 13.1 Å². The Morgan fingerprint density at radius 1 is 1.22 bits per heavy atom. The Labute approximate surface area is 193 Å². The van der Waals surface area contributed by atoms with E-state index < -0.39 is 17.4 Å². The monoisotopic (exact) mass is 461 g/mol. The first kappa shape index (κ1) is 24.1. The number of ether oxygens (including phenoxy) is 1. The zero-order valence-corrected chi connectivity index (χ0v) is 19.4. The van der Waals surface area contributed by atoms with Gasteiger partial charge in [0.15, 0.2) is 0 Å². The first-order valence-electron chi connectivity index (χ1n) is 10.8. The molecule has 1 amide bonds. The number of fused-ring (bicyclic) bond motifs is 1. The molecule has 0 spiro atoms. The van der Waals surface area contributed by atoms with Crippen LogP contribution in [0.3, 0.4) is 0 Å². The van der Waals surface area contributed by atoms with Crippen molar-refractivity contribution in [2.45, 2.75) is 52.1 Å². The molecule has 5 nitrogen and oxygen atoms in total. The highest BCUT2D eigenvalue weighted by Crippen LogP contribution is 2.38. The number of hydrogen-bond donors (Lipinski definition) is 1. The van der Waals surface area contributed by atoms with Crippen LogP contribution in [0.4, 0.5) is 4.39 Å². The number of amides is 1. The average molecular weight is 462 g/mol. The first-order chi connectivity index (χ1) is 15.1. The fraction of sp³-hybridized carbons (Fsp3) is 0.440. The summed E-state index contributed by atoms with van der Waals surface area (Å²) in [6, 6.07) is 10.1. The van der Waals surface area contributed by atoms with Gasteiger partial charge in [-0.05, 0) is 60.7 Å². The molecule has 172 valence electrons. The molecule has 2 aromatic carbocycles. The van der Waals surface area contributed by atoms with Crippen LogP contribution in [-0.2, 0) is 17.6 Å². The third-order valence-corrected chi connectivity index (χ3v) is 5.96. The van der Waals surface area contributed by atoms with E-state index in [9.17, 15) is 14.0 Å². The normalized spacial score (nSPS) is 17.2. The summed E-state index contributed by atoms with van der Waals surface area (Å²) in [4.78, 5) is 25.8. The number of carbonyl (C=O) groups is 2. The quantitative estimate of drug-likeness (QED) is 0.544. The molecule has 2 aromatic rings. The number of carboxylic acid groups (broad SMARTS) is 1. The number of benzene rings is 2. The summed E-state index contributed by atoms with van der Waals surface area (Å²) in [5.41, 5.74) is 1.65.